The number of hydrogen-bond donors (Lipinski definition) is 1. The predicted octanol–water partition coefficient (Wildman–Crippen LogP) is 3.09. The van der Waals surface area contributed by atoms with Gasteiger partial charge in [0.15, 0.2) is 0 Å². The summed E-state index contributed by atoms with van der Waals surface area (Å²) in [6.45, 7) is 2.08. The highest BCUT2D eigenvalue weighted by molar-refractivity contribution is 5.36. The molecule has 118 valence electrons. The highest BCUT2D eigenvalue weighted by atomic mass is 16.5. The van der Waals surface area contributed by atoms with E-state index in [-0.39, 0.29) is 12.1 Å². The normalized spacial score (nSPS) is 17.2. The first kappa shape index (κ1) is 14.8. The summed E-state index contributed by atoms with van der Waals surface area (Å²) in [7, 11) is 1.91. The van der Waals surface area contributed by atoms with Crippen molar-refractivity contribution in [2.75, 3.05) is 5.32 Å². The van der Waals surface area contributed by atoms with Gasteiger partial charge < -0.3 is 10.1 Å². The first-order valence-electron chi connectivity index (χ1n) is 7.94. The molecule has 0 aliphatic heterocycles. The Bertz CT molecular complexity index is 606. The van der Waals surface area contributed by atoms with Gasteiger partial charge in [-0.2, -0.15) is 10.1 Å². The minimum atomic E-state index is 0.118. The number of nitrogens with one attached hydrogen (secondary N) is 1. The number of rotatable bonds is 5. The summed E-state index contributed by atoms with van der Waals surface area (Å²) in [5.41, 5.74) is 1.11. The maximum absolute atomic E-state index is 5.96. The maximum Gasteiger partial charge on any atom is 0.234 e. The van der Waals surface area contributed by atoms with Crippen LogP contribution in [0.5, 0.6) is 5.88 Å². The van der Waals surface area contributed by atoms with Crippen molar-refractivity contribution >= 4 is 5.82 Å². The molecule has 0 amide bonds. The van der Waals surface area contributed by atoms with E-state index < -0.39 is 0 Å². The zero-order valence-corrected chi connectivity index (χ0v) is 13.2. The monoisotopic (exact) mass is 301 g/mol. The third-order valence-corrected chi connectivity index (χ3v) is 4.04. The number of ether oxygens (including phenoxy) is 1. The van der Waals surface area contributed by atoms with Crippen molar-refractivity contribution in [2.24, 2.45) is 7.05 Å². The number of hydrogen-bond acceptors (Lipinski definition) is 5. The first-order valence-corrected chi connectivity index (χ1v) is 7.94. The van der Waals surface area contributed by atoms with E-state index in [1.807, 2.05) is 19.4 Å². The van der Waals surface area contributed by atoms with Crippen molar-refractivity contribution in [3.05, 3.63) is 30.4 Å². The predicted molar refractivity (Wildman–Crippen MR) is 84.8 cm³/mol. The quantitative estimate of drug-likeness (QED) is 0.919. The molecule has 1 N–H and O–H groups in total. The Morgan fingerprint density at radius 2 is 2.05 bits per heavy atom. The van der Waals surface area contributed by atoms with Gasteiger partial charge in [-0.05, 0) is 32.6 Å². The van der Waals surface area contributed by atoms with Crippen LogP contribution in [-0.4, -0.2) is 25.9 Å². The van der Waals surface area contributed by atoms with Crippen LogP contribution in [0.3, 0.4) is 0 Å². The van der Waals surface area contributed by atoms with Gasteiger partial charge in [-0.15, -0.1) is 0 Å². The van der Waals surface area contributed by atoms with Gasteiger partial charge in [0.2, 0.25) is 5.88 Å². The molecular weight excluding hydrogens is 278 g/mol. The molecule has 3 rings (SSSR count). The fourth-order valence-electron chi connectivity index (χ4n) is 2.80. The topological polar surface area (TPSA) is 64.9 Å². The Hall–Kier alpha value is -2.11. The molecule has 1 aliphatic carbocycles. The molecule has 2 aromatic heterocycles. The molecule has 6 heteroatoms. The van der Waals surface area contributed by atoms with Gasteiger partial charge in [0.25, 0.3) is 0 Å². The molecule has 0 spiro atoms. The van der Waals surface area contributed by atoms with Crippen LogP contribution < -0.4 is 10.1 Å². The Morgan fingerprint density at radius 3 is 2.77 bits per heavy atom. The van der Waals surface area contributed by atoms with Crippen LogP contribution in [0.25, 0.3) is 0 Å². The van der Waals surface area contributed by atoms with Crippen LogP contribution in [0, 0.1) is 0 Å². The molecule has 6 nitrogen and oxygen atoms in total. The van der Waals surface area contributed by atoms with Crippen LogP contribution in [0.1, 0.15) is 50.6 Å². The van der Waals surface area contributed by atoms with Crippen LogP contribution in [0.4, 0.5) is 5.82 Å². The largest absolute Gasteiger partial charge is 0.473 e. The van der Waals surface area contributed by atoms with E-state index in [2.05, 4.69) is 27.3 Å². The molecule has 2 heterocycles. The molecule has 2 aromatic rings. The highest BCUT2D eigenvalue weighted by Crippen LogP contribution is 2.23. The summed E-state index contributed by atoms with van der Waals surface area (Å²) in [4.78, 5) is 8.75. The molecule has 0 bridgehead atoms. The van der Waals surface area contributed by atoms with E-state index >= 15 is 0 Å². The number of anilines is 1. The Labute approximate surface area is 130 Å². The zero-order valence-electron chi connectivity index (χ0n) is 13.2. The lowest BCUT2D eigenvalue weighted by molar-refractivity contribution is 0.148. The number of nitrogens with zero attached hydrogens (tertiary/aromatic N) is 4. The highest BCUT2D eigenvalue weighted by Gasteiger charge is 2.16. The third-order valence-electron chi connectivity index (χ3n) is 4.04. The van der Waals surface area contributed by atoms with E-state index in [1.54, 1.807) is 17.1 Å². The Balaban J connectivity index is 1.63. The van der Waals surface area contributed by atoms with Crippen LogP contribution in [0.2, 0.25) is 0 Å². The first-order chi connectivity index (χ1) is 10.7. The molecule has 0 radical (unpaired) electrons. The SMILES string of the molecule is CC(Nc1cncc(OC2CCCCC2)n1)c1cnn(C)c1. The van der Waals surface area contributed by atoms with E-state index in [9.17, 15) is 0 Å². The summed E-state index contributed by atoms with van der Waals surface area (Å²) in [5.74, 6) is 1.33. The molecule has 1 atom stereocenters. The van der Waals surface area contributed by atoms with E-state index in [0.717, 1.165) is 24.2 Å². The molecule has 22 heavy (non-hydrogen) atoms. The van der Waals surface area contributed by atoms with Crippen molar-refractivity contribution in [2.45, 2.75) is 51.2 Å². The van der Waals surface area contributed by atoms with Crippen molar-refractivity contribution < 1.29 is 4.74 Å². The molecule has 1 saturated carbocycles. The van der Waals surface area contributed by atoms with Crippen molar-refractivity contribution in [3.8, 4) is 5.88 Å². The molecule has 0 saturated heterocycles. The van der Waals surface area contributed by atoms with Crippen molar-refractivity contribution in [1.82, 2.24) is 19.7 Å². The average Bonchev–Trinajstić information content (AvgIpc) is 2.95. The van der Waals surface area contributed by atoms with Crippen LogP contribution in [-0.2, 0) is 7.05 Å². The number of aromatic nitrogens is 4. The summed E-state index contributed by atoms with van der Waals surface area (Å²) in [6, 6.07) is 0.118. The van der Waals surface area contributed by atoms with Gasteiger partial charge in [0, 0.05) is 18.8 Å². The van der Waals surface area contributed by atoms with Gasteiger partial charge >= 0.3 is 0 Å². The van der Waals surface area contributed by atoms with E-state index in [4.69, 9.17) is 4.74 Å². The standard InChI is InChI=1S/C16H23N5O/c1-12(13-8-18-21(2)11-13)19-15-9-17-10-16(20-15)22-14-6-4-3-5-7-14/h8-12,14H,3-7H2,1-2H3,(H,19,20). The Kier molecular flexibility index (Phi) is 4.56. The second-order valence-corrected chi connectivity index (χ2v) is 5.93. The lowest BCUT2D eigenvalue weighted by Crippen LogP contribution is -2.20. The second kappa shape index (κ2) is 6.77. The molecular formula is C16H23N5O. The fraction of sp³-hybridized carbons (Fsp3) is 0.562. The van der Waals surface area contributed by atoms with Crippen LogP contribution in [0.15, 0.2) is 24.8 Å². The van der Waals surface area contributed by atoms with Crippen molar-refractivity contribution in [1.29, 1.82) is 0 Å². The molecule has 1 unspecified atom stereocenters. The van der Waals surface area contributed by atoms with Crippen molar-refractivity contribution in [3.63, 3.8) is 0 Å². The third kappa shape index (κ3) is 3.75. The van der Waals surface area contributed by atoms with Crippen LogP contribution >= 0.6 is 0 Å². The number of aryl methyl sites for hydroxylation is 1. The summed E-state index contributed by atoms with van der Waals surface area (Å²) in [5, 5.41) is 7.53. The smallest absolute Gasteiger partial charge is 0.234 e. The van der Waals surface area contributed by atoms with Gasteiger partial charge in [-0.25, -0.2) is 0 Å². The van der Waals surface area contributed by atoms with Gasteiger partial charge in [-0.3, -0.25) is 9.67 Å². The summed E-state index contributed by atoms with van der Waals surface area (Å²) in [6.07, 6.45) is 13.6. The van der Waals surface area contributed by atoms with Gasteiger partial charge in [0.1, 0.15) is 11.9 Å². The molecule has 0 aromatic carbocycles. The van der Waals surface area contributed by atoms with E-state index in [1.165, 1.54) is 19.3 Å². The summed E-state index contributed by atoms with van der Waals surface area (Å²) >= 11 is 0. The fourth-order valence-corrected chi connectivity index (χ4v) is 2.80. The summed E-state index contributed by atoms with van der Waals surface area (Å²) < 4.78 is 7.75. The molecule has 1 aliphatic rings. The van der Waals surface area contributed by atoms with E-state index in [0.29, 0.717) is 5.88 Å². The maximum atomic E-state index is 5.96. The average molecular weight is 301 g/mol. The minimum Gasteiger partial charge on any atom is -0.473 e. The van der Waals surface area contributed by atoms with Gasteiger partial charge in [-0.1, -0.05) is 6.42 Å². The lowest BCUT2D eigenvalue weighted by atomic mass is 9.98. The lowest BCUT2D eigenvalue weighted by Gasteiger charge is -2.22. The van der Waals surface area contributed by atoms with Gasteiger partial charge in [0.05, 0.1) is 24.6 Å². The zero-order chi connectivity index (χ0) is 15.4. The second-order valence-electron chi connectivity index (χ2n) is 5.93. The Morgan fingerprint density at radius 1 is 1.23 bits per heavy atom. The molecule has 1 fully saturated rings. The minimum absolute atomic E-state index is 0.118.